The second kappa shape index (κ2) is 24.2. The first-order chi connectivity index (χ1) is 17.2. The zero-order valence-electron chi connectivity index (χ0n) is 24.7. The fourth-order valence-electron chi connectivity index (χ4n) is 5.29. The number of nitrogens with zero attached hydrogens (tertiary/aromatic N) is 1. The SMILES string of the molecule is CCCCCCCCOCC(COCCCCCCCCC1CC1CCCCCCCC)N(C)C. The van der Waals surface area contributed by atoms with E-state index in [4.69, 9.17) is 9.47 Å². The molecule has 0 aromatic heterocycles. The molecular weight excluding hydrogens is 430 g/mol. The predicted molar refractivity (Wildman–Crippen MR) is 154 cm³/mol. The molecule has 0 saturated heterocycles. The van der Waals surface area contributed by atoms with Crippen LogP contribution in [0.4, 0.5) is 0 Å². The highest BCUT2D eigenvalue weighted by atomic mass is 16.5. The quantitative estimate of drug-likeness (QED) is 0.101. The van der Waals surface area contributed by atoms with Crippen molar-refractivity contribution in [2.24, 2.45) is 11.8 Å². The third kappa shape index (κ3) is 20.6. The molecule has 0 spiro atoms. The minimum Gasteiger partial charge on any atom is -0.380 e. The first kappa shape index (κ1) is 32.9. The molecule has 0 N–H and O–H groups in total. The summed E-state index contributed by atoms with van der Waals surface area (Å²) < 4.78 is 11.9. The van der Waals surface area contributed by atoms with E-state index in [-0.39, 0.29) is 0 Å². The Kier molecular flexibility index (Phi) is 22.8. The molecule has 0 amide bonds. The van der Waals surface area contributed by atoms with Crippen LogP contribution in [0.15, 0.2) is 0 Å². The van der Waals surface area contributed by atoms with E-state index in [0.29, 0.717) is 6.04 Å². The predicted octanol–water partition coefficient (Wildman–Crippen LogP) is 9.43. The van der Waals surface area contributed by atoms with Crippen molar-refractivity contribution < 1.29 is 9.47 Å². The molecule has 3 atom stereocenters. The summed E-state index contributed by atoms with van der Waals surface area (Å²) in [4.78, 5) is 2.25. The maximum Gasteiger partial charge on any atom is 0.0644 e. The molecule has 3 heteroatoms. The molecule has 1 rings (SSSR count). The van der Waals surface area contributed by atoms with Crippen LogP contribution < -0.4 is 0 Å². The number of hydrogen-bond acceptors (Lipinski definition) is 3. The molecule has 0 aliphatic heterocycles. The van der Waals surface area contributed by atoms with Gasteiger partial charge in [0.2, 0.25) is 0 Å². The maximum absolute atomic E-state index is 6.00. The smallest absolute Gasteiger partial charge is 0.0644 e. The zero-order chi connectivity index (χ0) is 25.4. The molecule has 1 fully saturated rings. The number of rotatable bonds is 28. The Morgan fingerprint density at radius 2 is 0.914 bits per heavy atom. The standard InChI is InChI=1S/C32H65NO2/c1-5-7-9-11-15-19-23-30-27-31(30)24-20-16-13-14-18-22-26-35-29-32(33(3)4)28-34-25-21-17-12-10-8-6-2/h30-32H,5-29H2,1-4H3. The summed E-state index contributed by atoms with van der Waals surface area (Å²) in [6, 6.07) is 0.377. The second-order valence-corrected chi connectivity index (χ2v) is 11.8. The van der Waals surface area contributed by atoms with Crippen LogP contribution in [0.2, 0.25) is 0 Å². The highest BCUT2D eigenvalue weighted by Gasteiger charge is 2.34. The van der Waals surface area contributed by atoms with Crippen molar-refractivity contribution in [2.45, 2.75) is 155 Å². The van der Waals surface area contributed by atoms with Gasteiger partial charge in [0.1, 0.15) is 0 Å². The molecule has 0 bridgehead atoms. The Bertz CT molecular complexity index is 428. The van der Waals surface area contributed by atoms with Crippen LogP contribution in [-0.2, 0) is 9.47 Å². The lowest BCUT2D eigenvalue weighted by molar-refractivity contribution is 0.0197. The summed E-state index contributed by atoms with van der Waals surface area (Å²) in [5.74, 6) is 2.20. The van der Waals surface area contributed by atoms with Gasteiger partial charge in [0, 0.05) is 13.2 Å². The van der Waals surface area contributed by atoms with Crippen molar-refractivity contribution in [1.29, 1.82) is 0 Å². The highest BCUT2D eigenvalue weighted by molar-refractivity contribution is 4.85. The average Bonchev–Trinajstić information content (AvgIpc) is 3.60. The lowest BCUT2D eigenvalue weighted by Gasteiger charge is -2.24. The highest BCUT2D eigenvalue weighted by Crippen LogP contribution is 2.45. The van der Waals surface area contributed by atoms with Crippen LogP contribution >= 0.6 is 0 Å². The fourth-order valence-corrected chi connectivity index (χ4v) is 5.29. The van der Waals surface area contributed by atoms with Crippen LogP contribution in [0.25, 0.3) is 0 Å². The molecular formula is C32H65NO2. The second-order valence-electron chi connectivity index (χ2n) is 11.8. The van der Waals surface area contributed by atoms with Crippen molar-refractivity contribution >= 4 is 0 Å². The van der Waals surface area contributed by atoms with Gasteiger partial charge in [-0.1, -0.05) is 129 Å². The summed E-state index contributed by atoms with van der Waals surface area (Å²) in [7, 11) is 4.28. The van der Waals surface area contributed by atoms with Gasteiger partial charge < -0.3 is 14.4 Å². The minimum absolute atomic E-state index is 0.377. The topological polar surface area (TPSA) is 21.7 Å². The molecule has 35 heavy (non-hydrogen) atoms. The van der Waals surface area contributed by atoms with Gasteiger partial charge >= 0.3 is 0 Å². The van der Waals surface area contributed by atoms with Gasteiger partial charge in [-0.05, 0) is 45.2 Å². The zero-order valence-corrected chi connectivity index (χ0v) is 24.7. The van der Waals surface area contributed by atoms with E-state index >= 15 is 0 Å². The lowest BCUT2D eigenvalue weighted by Crippen LogP contribution is -2.37. The van der Waals surface area contributed by atoms with Crippen molar-refractivity contribution in [1.82, 2.24) is 4.90 Å². The van der Waals surface area contributed by atoms with Crippen molar-refractivity contribution in [3.63, 3.8) is 0 Å². The Hall–Kier alpha value is -0.120. The third-order valence-corrected chi connectivity index (χ3v) is 8.10. The number of hydrogen-bond donors (Lipinski definition) is 0. The summed E-state index contributed by atoms with van der Waals surface area (Å²) in [5, 5.41) is 0. The number of unbranched alkanes of at least 4 members (excludes halogenated alkanes) is 15. The van der Waals surface area contributed by atoms with Crippen LogP contribution in [-0.4, -0.2) is 51.5 Å². The number of likely N-dealkylation sites (N-methyl/N-ethyl adjacent to an activating group) is 1. The molecule has 1 saturated carbocycles. The van der Waals surface area contributed by atoms with Crippen LogP contribution in [0, 0.1) is 11.8 Å². The van der Waals surface area contributed by atoms with Gasteiger partial charge in [0.25, 0.3) is 0 Å². The van der Waals surface area contributed by atoms with E-state index in [0.717, 1.165) is 38.3 Å². The lowest BCUT2D eigenvalue weighted by atomic mass is 10.0. The van der Waals surface area contributed by atoms with Crippen LogP contribution in [0.5, 0.6) is 0 Å². The van der Waals surface area contributed by atoms with Crippen molar-refractivity contribution in [2.75, 3.05) is 40.5 Å². The summed E-state index contributed by atoms with van der Waals surface area (Å²) in [6.45, 7) is 7.98. The average molecular weight is 496 g/mol. The monoisotopic (exact) mass is 496 g/mol. The molecule has 1 aliphatic rings. The van der Waals surface area contributed by atoms with Crippen LogP contribution in [0.3, 0.4) is 0 Å². The van der Waals surface area contributed by atoms with E-state index < -0.39 is 0 Å². The van der Waals surface area contributed by atoms with Gasteiger partial charge in [-0.25, -0.2) is 0 Å². The van der Waals surface area contributed by atoms with Gasteiger partial charge in [0.05, 0.1) is 19.3 Å². The minimum atomic E-state index is 0.377. The first-order valence-electron chi connectivity index (χ1n) is 16.0. The molecule has 0 radical (unpaired) electrons. The molecule has 210 valence electrons. The van der Waals surface area contributed by atoms with Gasteiger partial charge in [-0.15, -0.1) is 0 Å². The normalized spacial score (nSPS) is 18.4. The van der Waals surface area contributed by atoms with Crippen LogP contribution in [0.1, 0.15) is 149 Å². The third-order valence-electron chi connectivity index (χ3n) is 8.10. The Morgan fingerprint density at radius 3 is 1.31 bits per heavy atom. The van der Waals surface area contributed by atoms with E-state index in [1.807, 2.05) is 0 Å². The van der Waals surface area contributed by atoms with Gasteiger partial charge in [-0.2, -0.15) is 0 Å². The van der Waals surface area contributed by atoms with E-state index in [9.17, 15) is 0 Å². The van der Waals surface area contributed by atoms with Gasteiger partial charge in [-0.3, -0.25) is 0 Å². The molecule has 0 aromatic carbocycles. The largest absolute Gasteiger partial charge is 0.380 e. The van der Waals surface area contributed by atoms with Gasteiger partial charge in [0.15, 0.2) is 0 Å². The number of ether oxygens (including phenoxy) is 2. The molecule has 1 aliphatic carbocycles. The summed E-state index contributed by atoms with van der Waals surface area (Å²) in [5.41, 5.74) is 0. The molecule has 3 nitrogen and oxygen atoms in total. The van der Waals surface area contributed by atoms with E-state index in [1.165, 1.54) is 128 Å². The van der Waals surface area contributed by atoms with E-state index in [1.54, 1.807) is 6.42 Å². The Balaban J connectivity index is 1.82. The molecule has 0 aromatic rings. The Morgan fingerprint density at radius 1 is 0.543 bits per heavy atom. The van der Waals surface area contributed by atoms with Crippen molar-refractivity contribution in [3.8, 4) is 0 Å². The molecule has 0 heterocycles. The first-order valence-corrected chi connectivity index (χ1v) is 16.0. The molecule has 3 unspecified atom stereocenters. The summed E-state index contributed by atoms with van der Waals surface area (Å²) in [6.07, 6.45) is 29.5. The maximum atomic E-state index is 6.00. The summed E-state index contributed by atoms with van der Waals surface area (Å²) >= 11 is 0. The van der Waals surface area contributed by atoms with Crippen molar-refractivity contribution in [3.05, 3.63) is 0 Å². The van der Waals surface area contributed by atoms with E-state index in [2.05, 4.69) is 32.8 Å². The fraction of sp³-hybridized carbons (Fsp3) is 1.00. The Labute approximate surface area is 221 Å².